The second kappa shape index (κ2) is 6.62. The minimum Gasteiger partial charge on any atom is -0.350 e. The molecule has 1 aromatic heterocycles. The van der Waals surface area contributed by atoms with Gasteiger partial charge in [0.15, 0.2) is 0 Å². The first-order valence-corrected chi connectivity index (χ1v) is 7.47. The molecular formula is C16H18N4O3. The van der Waals surface area contributed by atoms with Gasteiger partial charge in [-0.1, -0.05) is 30.3 Å². The summed E-state index contributed by atoms with van der Waals surface area (Å²) >= 11 is 0. The summed E-state index contributed by atoms with van der Waals surface area (Å²) in [6, 6.07) is 10.1. The van der Waals surface area contributed by atoms with Crippen molar-refractivity contribution in [1.29, 1.82) is 0 Å². The molecule has 3 rings (SSSR count). The smallest absolute Gasteiger partial charge is 0.312 e. The second-order valence-electron chi connectivity index (χ2n) is 5.42. The first-order valence-electron chi connectivity index (χ1n) is 7.47. The topological polar surface area (TPSA) is 71.7 Å². The van der Waals surface area contributed by atoms with E-state index in [2.05, 4.69) is 27.5 Å². The number of anilines is 1. The van der Waals surface area contributed by atoms with E-state index in [1.165, 1.54) is 5.06 Å². The molecule has 1 saturated heterocycles. The maximum atomic E-state index is 10.6. The van der Waals surface area contributed by atoms with E-state index in [4.69, 9.17) is 0 Å². The number of pyridine rings is 1. The van der Waals surface area contributed by atoms with Crippen molar-refractivity contribution in [2.24, 2.45) is 0 Å². The fourth-order valence-electron chi connectivity index (χ4n) is 3.00. The summed E-state index contributed by atoms with van der Waals surface area (Å²) < 4.78 is 0. The number of aromatic nitrogens is 1. The zero-order valence-electron chi connectivity index (χ0n) is 12.7. The molecule has 0 aliphatic carbocycles. The highest BCUT2D eigenvalue weighted by Crippen LogP contribution is 2.28. The minimum absolute atomic E-state index is 0.0273. The van der Waals surface area contributed by atoms with Crippen LogP contribution in [0.2, 0.25) is 0 Å². The summed E-state index contributed by atoms with van der Waals surface area (Å²) in [6.07, 6.45) is 4.31. The summed E-state index contributed by atoms with van der Waals surface area (Å²) in [5.41, 5.74) is 0. The molecule has 1 atom stereocenters. The predicted octanol–water partition coefficient (Wildman–Crippen LogP) is 2.42. The van der Waals surface area contributed by atoms with Gasteiger partial charge in [0.05, 0.1) is 0 Å². The monoisotopic (exact) mass is 314 g/mol. The van der Waals surface area contributed by atoms with Crippen molar-refractivity contribution in [1.82, 2.24) is 10.0 Å². The molecule has 0 spiro atoms. The van der Waals surface area contributed by atoms with E-state index in [-0.39, 0.29) is 6.04 Å². The Hall–Kier alpha value is -2.67. The van der Waals surface area contributed by atoms with Gasteiger partial charge in [-0.25, -0.2) is 9.92 Å². The minimum atomic E-state index is -0.767. The Kier molecular flexibility index (Phi) is 4.38. The third-order valence-electron chi connectivity index (χ3n) is 3.99. The molecule has 23 heavy (non-hydrogen) atoms. The molecule has 2 heterocycles. The first kappa shape index (κ1) is 15.2. The van der Waals surface area contributed by atoms with Crippen LogP contribution < -0.4 is 4.90 Å². The number of rotatable bonds is 5. The zero-order valence-corrected chi connectivity index (χ0v) is 12.7. The molecule has 1 fully saturated rings. The molecule has 2 aromatic rings. The Labute approximate surface area is 133 Å². The van der Waals surface area contributed by atoms with Gasteiger partial charge in [0.1, 0.15) is 5.82 Å². The molecule has 7 nitrogen and oxygen atoms in total. The number of benzene rings is 1. The maximum Gasteiger partial charge on any atom is 0.312 e. The van der Waals surface area contributed by atoms with Crippen LogP contribution >= 0.6 is 0 Å². The number of piperazine rings is 1. The SMILES string of the molecule is C=CCC1CN(O[N+](=O)[O-])CCN1c1nccc2ccccc12. The highest BCUT2D eigenvalue weighted by molar-refractivity contribution is 5.92. The van der Waals surface area contributed by atoms with E-state index in [1.807, 2.05) is 30.3 Å². The molecule has 1 aliphatic rings. The van der Waals surface area contributed by atoms with E-state index < -0.39 is 5.09 Å². The summed E-state index contributed by atoms with van der Waals surface area (Å²) in [5, 5.41) is 13.4. The Bertz CT molecular complexity index is 716. The lowest BCUT2D eigenvalue weighted by Gasteiger charge is -2.40. The first-order chi connectivity index (χ1) is 11.2. The standard InChI is InChI=1S/C16H18N4O3/c1-2-5-14-12-18(23-20(21)22)10-11-19(14)16-15-7-4-3-6-13(15)8-9-17-16/h2-4,6-9,14H,1,5,10-12H2. The number of hydrogen-bond acceptors (Lipinski definition) is 6. The normalized spacial score (nSPS) is 18.8. The number of fused-ring (bicyclic) bond motifs is 1. The predicted molar refractivity (Wildman–Crippen MR) is 87.3 cm³/mol. The van der Waals surface area contributed by atoms with E-state index in [0.717, 1.165) is 16.6 Å². The molecule has 0 bridgehead atoms. The molecule has 1 aromatic carbocycles. The third kappa shape index (κ3) is 3.24. The van der Waals surface area contributed by atoms with Crippen LogP contribution in [0.1, 0.15) is 6.42 Å². The highest BCUT2D eigenvalue weighted by atomic mass is 17.0. The van der Waals surface area contributed by atoms with Crippen LogP contribution in [-0.4, -0.2) is 40.8 Å². The largest absolute Gasteiger partial charge is 0.350 e. The van der Waals surface area contributed by atoms with Gasteiger partial charge in [-0.05, 0) is 17.9 Å². The number of hydroxylamine groups is 2. The van der Waals surface area contributed by atoms with E-state index in [1.54, 1.807) is 6.20 Å². The number of nitrogens with zero attached hydrogens (tertiary/aromatic N) is 4. The lowest BCUT2D eigenvalue weighted by molar-refractivity contribution is -0.811. The fraction of sp³-hybridized carbons (Fsp3) is 0.312. The van der Waals surface area contributed by atoms with Crippen molar-refractivity contribution in [3.63, 3.8) is 0 Å². The van der Waals surface area contributed by atoms with Crippen molar-refractivity contribution >= 4 is 16.6 Å². The van der Waals surface area contributed by atoms with Crippen LogP contribution in [0.15, 0.2) is 49.2 Å². The van der Waals surface area contributed by atoms with Gasteiger partial charge in [-0.2, -0.15) is 0 Å². The van der Waals surface area contributed by atoms with Crippen molar-refractivity contribution in [2.45, 2.75) is 12.5 Å². The van der Waals surface area contributed by atoms with E-state index in [9.17, 15) is 10.1 Å². The van der Waals surface area contributed by atoms with Gasteiger partial charge in [0.25, 0.3) is 0 Å². The van der Waals surface area contributed by atoms with Gasteiger partial charge in [-0.3, -0.25) is 0 Å². The van der Waals surface area contributed by atoms with Crippen molar-refractivity contribution in [3.05, 3.63) is 59.3 Å². The summed E-state index contributed by atoms with van der Waals surface area (Å²) in [5.74, 6) is 0.899. The second-order valence-corrected chi connectivity index (χ2v) is 5.42. The van der Waals surface area contributed by atoms with Gasteiger partial charge in [0, 0.05) is 37.3 Å². The van der Waals surface area contributed by atoms with Gasteiger partial charge >= 0.3 is 5.09 Å². The van der Waals surface area contributed by atoms with Crippen LogP contribution in [0, 0.1) is 10.1 Å². The molecule has 120 valence electrons. The Morgan fingerprint density at radius 1 is 1.39 bits per heavy atom. The molecule has 1 unspecified atom stereocenters. The average molecular weight is 314 g/mol. The zero-order chi connectivity index (χ0) is 16.2. The molecule has 0 saturated carbocycles. The van der Waals surface area contributed by atoms with Crippen molar-refractivity contribution in [2.75, 3.05) is 24.5 Å². The average Bonchev–Trinajstić information content (AvgIpc) is 2.55. The third-order valence-corrected chi connectivity index (χ3v) is 3.99. The molecule has 0 N–H and O–H groups in total. The molecule has 0 amide bonds. The lowest BCUT2D eigenvalue weighted by atomic mass is 10.1. The van der Waals surface area contributed by atoms with Crippen LogP contribution in [0.3, 0.4) is 0 Å². The summed E-state index contributed by atoms with van der Waals surface area (Å²) in [4.78, 5) is 21.9. The van der Waals surface area contributed by atoms with Gasteiger partial charge < -0.3 is 4.90 Å². The van der Waals surface area contributed by atoms with Crippen molar-refractivity contribution < 1.29 is 10.0 Å². The summed E-state index contributed by atoms with van der Waals surface area (Å²) in [7, 11) is 0. The Morgan fingerprint density at radius 3 is 3.00 bits per heavy atom. The maximum absolute atomic E-state index is 10.6. The van der Waals surface area contributed by atoms with Crippen LogP contribution in [0.5, 0.6) is 0 Å². The van der Waals surface area contributed by atoms with Gasteiger partial charge in [-0.15, -0.1) is 21.8 Å². The molecular weight excluding hydrogens is 296 g/mol. The van der Waals surface area contributed by atoms with Crippen LogP contribution in [0.4, 0.5) is 5.82 Å². The number of hydrogen-bond donors (Lipinski definition) is 0. The Balaban J connectivity index is 1.90. The van der Waals surface area contributed by atoms with Gasteiger partial charge in [0.2, 0.25) is 0 Å². The lowest BCUT2D eigenvalue weighted by Crippen LogP contribution is -2.53. The quantitative estimate of drug-likeness (QED) is 0.479. The van der Waals surface area contributed by atoms with Crippen LogP contribution in [-0.2, 0) is 4.94 Å². The van der Waals surface area contributed by atoms with Crippen LogP contribution in [0.25, 0.3) is 10.8 Å². The fourth-order valence-corrected chi connectivity index (χ4v) is 3.00. The van der Waals surface area contributed by atoms with E-state index >= 15 is 0 Å². The van der Waals surface area contributed by atoms with E-state index in [0.29, 0.717) is 26.1 Å². The molecule has 7 heteroatoms. The van der Waals surface area contributed by atoms with Crippen molar-refractivity contribution in [3.8, 4) is 0 Å². The molecule has 1 aliphatic heterocycles. The summed E-state index contributed by atoms with van der Waals surface area (Å²) in [6.45, 7) is 5.27. The Morgan fingerprint density at radius 2 is 2.22 bits per heavy atom. The molecule has 0 radical (unpaired) electrons. The highest BCUT2D eigenvalue weighted by Gasteiger charge is 2.29.